The fourth-order valence-electron chi connectivity index (χ4n) is 2.18. The highest BCUT2D eigenvalue weighted by Crippen LogP contribution is 2.27. The number of aromatic nitrogens is 2. The highest BCUT2D eigenvalue weighted by Gasteiger charge is 2.18. The molecule has 104 valence electrons. The van der Waals surface area contributed by atoms with Gasteiger partial charge in [0.1, 0.15) is 11.3 Å². The van der Waals surface area contributed by atoms with Gasteiger partial charge in [-0.15, -0.1) is 10.2 Å². The quantitative estimate of drug-likeness (QED) is 0.728. The normalized spacial score (nSPS) is 13.2. The molecule has 0 aliphatic rings. The molecule has 0 radical (unpaired) electrons. The van der Waals surface area contributed by atoms with E-state index in [1.807, 2.05) is 25.2 Å². The van der Waals surface area contributed by atoms with Crippen molar-refractivity contribution >= 4 is 11.0 Å². The van der Waals surface area contributed by atoms with Gasteiger partial charge in [-0.05, 0) is 26.1 Å². The van der Waals surface area contributed by atoms with E-state index in [0.717, 1.165) is 16.7 Å². The summed E-state index contributed by atoms with van der Waals surface area (Å²) in [5.74, 6) is 2.14. The molecule has 1 aromatic carbocycles. The molecule has 0 saturated carbocycles. The van der Waals surface area contributed by atoms with Gasteiger partial charge in [0, 0.05) is 12.3 Å². The van der Waals surface area contributed by atoms with Crippen molar-refractivity contribution in [1.82, 2.24) is 15.1 Å². The fraction of sp³-hybridized carbons (Fsp3) is 0.333. The first kappa shape index (κ1) is 12.9. The molecule has 3 rings (SSSR count). The van der Waals surface area contributed by atoms with Gasteiger partial charge >= 0.3 is 0 Å². The van der Waals surface area contributed by atoms with Gasteiger partial charge in [0.05, 0.1) is 12.6 Å². The summed E-state index contributed by atoms with van der Waals surface area (Å²) < 4.78 is 11.3. The van der Waals surface area contributed by atoms with Gasteiger partial charge in [0.2, 0.25) is 11.8 Å². The van der Waals surface area contributed by atoms with Crippen molar-refractivity contribution in [3.05, 3.63) is 47.9 Å². The SMILES string of the molecule is Cc1nnc(CN(C)[C@H](C)c2cc3ccccc3o2)o1. The number of nitrogens with zero attached hydrogens (tertiary/aromatic N) is 3. The molecule has 1 atom stereocenters. The molecular formula is C15H17N3O2. The summed E-state index contributed by atoms with van der Waals surface area (Å²) in [6.45, 7) is 4.49. The predicted octanol–water partition coefficient (Wildman–Crippen LogP) is 3.32. The summed E-state index contributed by atoms with van der Waals surface area (Å²) in [6.07, 6.45) is 0. The lowest BCUT2D eigenvalue weighted by Crippen LogP contribution is -2.21. The van der Waals surface area contributed by atoms with E-state index < -0.39 is 0 Å². The summed E-state index contributed by atoms with van der Waals surface area (Å²) in [7, 11) is 2.01. The molecule has 3 aromatic rings. The second-order valence-electron chi connectivity index (χ2n) is 4.99. The van der Waals surface area contributed by atoms with Crippen LogP contribution in [-0.2, 0) is 6.54 Å². The molecule has 0 bridgehead atoms. The Morgan fingerprint density at radius 3 is 2.70 bits per heavy atom. The molecule has 0 unspecified atom stereocenters. The van der Waals surface area contributed by atoms with E-state index >= 15 is 0 Å². The predicted molar refractivity (Wildman–Crippen MR) is 75.1 cm³/mol. The Kier molecular flexibility index (Phi) is 3.28. The van der Waals surface area contributed by atoms with E-state index in [0.29, 0.717) is 18.3 Å². The number of rotatable bonds is 4. The highest BCUT2D eigenvalue weighted by molar-refractivity contribution is 5.77. The molecule has 5 nitrogen and oxygen atoms in total. The Labute approximate surface area is 117 Å². The van der Waals surface area contributed by atoms with Gasteiger partial charge in [-0.25, -0.2) is 0 Å². The van der Waals surface area contributed by atoms with Crippen LogP contribution in [0.15, 0.2) is 39.2 Å². The molecule has 0 N–H and O–H groups in total. The Bertz CT molecular complexity index is 684. The first-order valence-electron chi connectivity index (χ1n) is 6.61. The lowest BCUT2D eigenvalue weighted by molar-refractivity contribution is 0.205. The van der Waals surface area contributed by atoms with Crippen molar-refractivity contribution in [1.29, 1.82) is 0 Å². The van der Waals surface area contributed by atoms with Crippen LogP contribution < -0.4 is 0 Å². The third-order valence-corrected chi connectivity index (χ3v) is 3.47. The van der Waals surface area contributed by atoms with Gasteiger partial charge in [-0.1, -0.05) is 18.2 Å². The summed E-state index contributed by atoms with van der Waals surface area (Å²) in [5.41, 5.74) is 0.913. The Hall–Kier alpha value is -2.14. The van der Waals surface area contributed by atoms with Crippen LogP contribution in [0.5, 0.6) is 0 Å². The number of aryl methyl sites for hydroxylation is 1. The number of para-hydroxylation sites is 1. The maximum Gasteiger partial charge on any atom is 0.230 e. The van der Waals surface area contributed by atoms with Crippen LogP contribution in [0.4, 0.5) is 0 Å². The zero-order valence-electron chi connectivity index (χ0n) is 11.8. The maximum atomic E-state index is 5.89. The van der Waals surface area contributed by atoms with Crippen LogP contribution in [-0.4, -0.2) is 22.1 Å². The zero-order chi connectivity index (χ0) is 14.1. The van der Waals surface area contributed by atoms with E-state index in [1.165, 1.54) is 0 Å². The molecular weight excluding hydrogens is 254 g/mol. The second kappa shape index (κ2) is 5.09. The lowest BCUT2D eigenvalue weighted by atomic mass is 10.2. The van der Waals surface area contributed by atoms with Crippen molar-refractivity contribution < 1.29 is 8.83 Å². The second-order valence-corrected chi connectivity index (χ2v) is 4.99. The Morgan fingerprint density at radius 2 is 2.00 bits per heavy atom. The van der Waals surface area contributed by atoms with E-state index in [2.05, 4.69) is 34.2 Å². The fourth-order valence-corrected chi connectivity index (χ4v) is 2.18. The third kappa shape index (κ3) is 2.44. The number of hydrogen-bond donors (Lipinski definition) is 0. The zero-order valence-corrected chi connectivity index (χ0v) is 11.8. The first-order chi connectivity index (χ1) is 9.63. The number of fused-ring (bicyclic) bond motifs is 1. The Morgan fingerprint density at radius 1 is 1.20 bits per heavy atom. The van der Waals surface area contributed by atoms with E-state index in [4.69, 9.17) is 8.83 Å². The number of hydrogen-bond acceptors (Lipinski definition) is 5. The molecule has 0 aliphatic carbocycles. The average molecular weight is 271 g/mol. The molecule has 5 heteroatoms. The van der Waals surface area contributed by atoms with Gasteiger partial charge in [0.15, 0.2) is 0 Å². The summed E-state index contributed by atoms with van der Waals surface area (Å²) in [4.78, 5) is 2.12. The van der Waals surface area contributed by atoms with E-state index in [-0.39, 0.29) is 6.04 Å². The Balaban J connectivity index is 1.78. The van der Waals surface area contributed by atoms with Gasteiger partial charge in [-0.2, -0.15) is 0 Å². The maximum absolute atomic E-state index is 5.89. The van der Waals surface area contributed by atoms with Gasteiger partial charge in [0.25, 0.3) is 0 Å². The largest absolute Gasteiger partial charge is 0.459 e. The minimum atomic E-state index is 0.134. The first-order valence-corrected chi connectivity index (χ1v) is 6.61. The van der Waals surface area contributed by atoms with Crippen molar-refractivity contribution in [3.8, 4) is 0 Å². The van der Waals surface area contributed by atoms with Crippen molar-refractivity contribution in [2.24, 2.45) is 0 Å². The topological polar surface area (TPSA) is 55.3 Å². The van der Waals surface area contributed by atoms with Crippen LogP contribution in [0, 0.1) is 6.92 Å². The molecule has 2 aromatic heterocycles. The third-order valence-electron chi connectivity index (χ3n) is 3.47. The monoisotopic (exact) mass is 271 g/mol. The average Bonchev–Trinajstić information content (AvgIpc) is 3.03. The standard InChI is InChI=1S/C15H17N3O2/c1-10(18(3)9-15-17-16-11(2)19-15)14-8-12-6-4-5-7-13(12)20-14/h4-8,10H,9H2,1-3H3/t10-/m1/s1. The van der Waals surface area contributed by atoms with Gasteiger partial charge in [-0.3, -0.25) is 4.90 Å². The summed E-state index contributed by atoms with van der Waals surface area (Å²) >= 11 is 0. The summed E-state index contributed by atoms with van der Waals surface area (Å²) in [5, 5.41) is 8.98. The van der Waals surface area contributed by atoms with Crippen molar-refractivity contribution in [2.45, 2.75) is 26.4 Å². The van der Waals surface area contributed by atoms with E-state index in [1.54, 1.807) is 6.92 Å². The molecule has 0 fully saturated rings. The molecule has 0 saturated heterocycles. The van der Waals surface area contributed by atoms with Crippen LogP contribution in [0.2, 0.25) is 0 Å². The summed E-state index contributed by atoms with van der Waals surface area (Å²) in [6, 6.07) is 10.2. The lowest BCUT2D eigenvalue weighted by Gasteiger charge is -2.20. The number of benzene rings is 1. The van der Waals surface area contributed by atoms with Crippen LogP contribution in [0.3, 0.4) is 0 Å². The molecule has 0 aliphatic heterocycles. The molecule has 2 heterocycles. The van der Waals surface area contributed by atoms with Crippen LogP contribution in [0.1, 0.15) is 30.5 Å². The minimum absolute atomic E-state index is 0.134. The number of furan rings is 1. The van der Waals surface area contributed by atoms with Crippen LogP contribution >= 0.6 is 0 Å². The molecule has 0 spiro atoms. The van der Waals surface area contributed by atoms with Crippen molar-refractivity contribution in [3.63, 3.8) is 0 Å². The minimum Gasteiger partial charge on any atom is -0.459 e. The van der Waals surface area contributed by atoms with Gasteiger partial charge < -0.3 is 8.83 Å². The molecule has 0 amide bonds. The smallest absolute Gasteiger partial charge is 0.230 e. The highest BCUT2D eigenvalue weighted by atomic mass is 16.4. The molecule has 20 heavy (non-hydrogen) atoms. The van der Waals surface area contributed by atoms with Crippen LogP contribution in [0.25, 0.3) is 11.0 Å². The van der Waals surface area contributed by atoms with Crippen molar-refractivity contribution in [2.75, 3.05) is 7.05 Å². The van der Waals surface area contributed by atoms with E-state index in [9.17, 15) is 0 Å².